The summed E-state index contributed by atoms with van der Waals surface area (Å²) in [5, 5.41) is 2.67. The summed E-state index contributed by atoms with van der Waals surface area (Å²) in [6.45, 7) is 0. The lowest BCUT2D eigenvalue weighted by Crippen LogP contribution is -2.12. The molecule has 3 N–H and O–H groups in total. The van der Waals surface area contributed by atoms with Crippen molar-refractivity contribution in [1.29, 1.82) is 0 Å². The van der Waals surface area contributed by atoms with Gasteiger partial charge in [0.15, 0.2) is 0 Å². The first kappa shape index (κ1) is 16.8. The van der Waals surface area contributed by atoms with E-state index in [1.54, 1.807) is 37.5 Å². The summed E-state index contributed by atoms with van der Waals surface area (Å²) in [7, 11) is 1.57. The van der Waals surface area contributed by atoms with Crippen LogP contribution in [0.2, 0.25) is 0 Å². The van der Waals surface area contributed by atoms with Gasteiger partial charge in [0.25, 0.3) is 0 Å². The summed E-state index contributed by atoms with van der Waals surface area (Å²) in [6.07, 6.45) is 3.04. The van der Waals surface area contributed by atoms with Crippen molar-refractivity contribution in [2.45, 2.75) is 0 Å². The Labute approximate surface area is 142 Å². The van der Waals surface area contributed by atoms with Gasteiger partial charge in [-0.3, -0.25) is 9.59 Å². The zero-order valence-electron chi connectivity index (χ0n) is 12.4. The molecule has 0 aromatic heterocycles. The molecular formula is C17H15BrN2O3. The average Bonchev–Trinajstić information content (AvgIpc) is 2.53. The minimum atomic E-state index is -0.546. The molecule has 2 rings (SSSR count). The number of nitrogens with one attached hydrogen (secondary N) is 1. The van der Waals surface area contributed by atoms with Gasteiger partial charge in [-0.15, -0.1) is 0 Å². The Kier molecular flexibility index (Phi) is 5.54. The van der Waals surface area contributed by atoms with Gasteiger partial charge in [0, 0.05) is 27.4 Å². The lowest BCUT2D eigenvalue weighted by Gasteiger charge is -2.06. The van der Waals surface area contributed by atoms with Crippen molar-refractivity contribution in [3.63, 3.8) is 0 Å². The van der Waals surface area contributed by atoms with E-state index < -0.39 is 5.91 Å². The van der Waals surface area contributed by atoms with Crippen LogP contribution < -0.4 is 15.8 Å². The number of carbonyl (C=O) groups excluding carboxylic acids is 2. The maximum atomic E-state index is 12.0. The van der Waals surface area contributed by atoms with Crippen molar-refractivity contribution in [3.8, 4) is 5.75 Å². The van der Waals surface area contributed by atoms with Gasteiger partial charge in [-0.2, -0.15) is 0 Å². The van der Waals surface area contributed by atoms with Gasteiger partial charge in [-0.25, -0.2) is 0 Å². The molecule has 23 heavy (non-hydrogen) atoms. The summed E-state index contributed by atoms with van der Waals surface area (Å²) in [5.41, 5.74) is 6.81. The molecule has 6 heteroatoms. The molecule has 0 unspecified atom stereocenters. The van der Waals surface area contributed by atoms with E-state index in [0.717, 1.165) is 10.0 Å². The Hall–Kier alpha value is -2.60. The SMILES string of the molecule is COc1ccc(Br)cc1/C=C/C(=O)Nc1cccc(C(N)=O)c1. The number of benzene rings is 2. The number of primary amides is 1. The first-order valence-corrected chi connectivity index (χ1v) is 7.51. The Bertz CT molecular complexity index is 772. The molecule has 0 heterocycles. The first-order valence-electron chi connectivity index (χ1n) is 6.72. The second-order valence-corrected chi connectivity index (χ2v) is 5.57. The number of ether oxygens (including phenoxy) is 1. The predicted octanol–water partition coefficient (Wildman–Crippen LogP) is 3.21. The van der Waals surface area contributed by atoms with Crippen LogP contribution in [0.4, 0.5) is 5.69 Å². The number of carbonyl (C=O) groups is 2. The number of methoxy groups -OCH3 is 1. The molecule has 0 spiro atoms. The van der Waals surface area contributed by atoms with Crippen LogP contribution in [-0.2, 0) is 4.79 Å². The van der Waals surface area contributed by atoms with Gasteiger partial charge in [-0.1, -0.05) is 22.0 Å². The number of halogens is 1. The van der Waals surface area contributed by atoms with Gasteiger partial charge in [-0.05, 0) is 42.5 Å². The van der Waals surface area contributed by atoms with Crippen molar-refractivity contribution in [1.82, 2.24) is 0 Å². The number of amides is 2. The van der Waals surface area contributed by atoms with Crippen LogP contribution in [0.1, 0.15) is 15.9 Å². The molecule has 0 aliphatic heterocycles. The predicted molar refractivity (Wildman–Crippen MR) is 93.3 cm³/mol. The number of rotatable bonds is 5. The summed E-state index contributed by atoms with van der Waals surface area (Å²) in [6, 6.07) is 11.9. The molecule has 0 aliphatic carbocycles. The number of anilines is 1. The van der Waals surface area contributed by atoms with Crippen molar-refractivity contribution in [2.75, 3.05) is 12.4 Å². The Morgan fingerprint density at radius 2 is 2.00 bits per heavy atom. The molecule has 2 aromatic rings. The van der Waals surface area contributed by atoms with Crippen molar-refractivity contribution in [2.24, 2.45) is 5.73 Å². The molecule has 0 atom stereocenters. The Balaban J connectivity index is 2.12. The molecule has 0 saturated carbocycles. The third kappa shape index (κ3) is 4.69. The summed E-state index contributed by atoms with van der Waals surface area (Å²) >= 11 is 3.37. The quantitative estimate of drug-likeness (QED) is 0.788. The lowest BCUT2D eigenvalue weighted by molar-refractivity contribution is -0.111. The van der Waals surface area contributed by atoms with E-state index in [4.69, 9.17) is 10.5 Å². The fourth-order valence-electron chi connectivity index (χ4n) is 1.94. The van der Waals surface area contributed by atoms with Gasteiger partial charge < -0.3 is 15.8 Å². The molecule has 0 bridgehead atoms. The minimum Gasteiger partial charge on any atom is -0.496 e. The van der Waals surface area contributed by atoms with Gasteiger partial charge in [0.1, 0.15) is 5.75 Å². The highest BCUT2D eigenvalue weighted by molar-refractivity contribution is 9.10. The molecule has 2 aromatic carbocycles. The monoisotopic (exact) mass is 374 g/mol. The molecule has 0 fully saturated rings. The molecule has 5 nitrogen and oxygen atoms in total. The smallest absolute Gasteiger partial charge is 0.248 e. The number of hydrogen-bond acceptors (Lipinski definition) is 3. The van der Waals surface area contributed by atoms with Crippen LogP contribution in [0, 0.1) is 0 Å². The standard InChI is InChI=1S/C17H15BrN2O3/c1-23-15-7-6-13(18)9-11(15)5-8-16(21)20-14-4-2-3-12(10-14)17(19)22/h2-10H,1H3,(H2,19,22)(H,20,21)/b8-5+. The summed E-state index contributed by atoms with van der Waals surface area (Å²) in [5.74, 6) is -0.211. The van der Waals surface area contributed by atoms with Gasteiger partial charge in [0.2, 0.25) is 11.8 Å². The molecule has 118 valence electrons. The van der Waals surface area contributed by atoms with E-state index in [-0.39, 0.29) is 5.91 Å². The highest BCUT2D eigenvalue weighted by Gasteiger charge is 2.04. The maximum Gasteiger partial charge on any atom is 0.248 e. The molecule has 0 radical (unpaired) electrons. The van der Waals surface area contributed by atoms with Crippen LogP contribution in [0.3, 0.4) is 0 Å². The molecule has 0 aliphatic rings. The van der Waals surface area contributed by atoms with E-state index >= 15 is 0 Å². The normalized spacial score (nSPS) is 10.5. The first-order chi connectivity index (χ1) is 11.0. The summed E-state index contributed by atoms with van der Waals surface area (Å²) in [4.78, 5) is 23.1. The summed E-state index contributed by atoms with van der Waals surface area (Å²) < 4.78 is 6.12. The largest absolute Gasteiger partial charge is 0.496 e. The van der Waals surface area contributed by atoms with Crippen LogP contribution in [0.5, 0.6) is 5.75 Å². The van der Waals surface area contributed by atoms with Crippen LogP contribution in [-0.4, -0.2) is 18.9 Å². The van der Waals surface area contributed by atoms with Crippen LogP contribution in [0.15, 0.2) is 53.0 Å². The van der Waals surface area contributed by atoms with Gasteiger partial charge in [0.05, 0.1) is 7.11 Å². The highest BCUT2D eigenvalue weighted by atomic mass is 79.9. The zero-order valence-corrected chi connectivity index (χ0v) is 14.0. The van der Waals surface area contributed by atoms with Crippen LogP contribution >= 0.6 is 15.9 Å². The van der Waals surface area contributed by atoms with Crippen molar-refractivity contribution < 1.29 is 14.3 Å². The van der Waals surface area contributed by atoms with E-state index in [1.807, 2.05) is 12.1 Å². The number of nitrogens with two attached hydrogens (primary N) is 1. The van der Waals surface area contributed by atoms with Crippen molar-refractivity contribution >= 4 is 39.5 Å². The molecule has 0 saturated heterocycles. The average molecular weight is 375 g/mol. The fourth-order valence-corrected chi connectivity index (χ4v) is 2.31. The van der Waals surface area contributed by atoms with E-state index in [0.29, 0.717) is 17.0 Å². The van der Waals surface area contributed by atoms with Crippen molar-refractivity contribution in [3.05, 3.63) is 64.1 Å². The number of hydrogen-bond donors (Lipinski definition) is 2. The van der Waals surface area contributed by atoms with Crippen LogP contribution in [0.25, 0.3) is 6.08 Å². The second-order valence-electron chi connectivity index (χ2n) is 4.65. The zero-order chi connectivity index (χ0) is 16.8. The maximum absolute atomic E-state index is 12.0. The van der Waals surface area contributed by atoms with Gasteiger partial charge >= 0.3 is 0 Å². The molecular weight excluding hydrogens is 360 g/mol. The lowest BCUT2D eigenvalue weighted by atomic mass is 10.1. The van der Waals surface area contributed by atoms with E-state index in [9.17, 15) is 9.59 Å². The highest BCUT2D eigenvalue weighted by Crippen LogP contribution is 2.24. The minimum absolute atomic E-state index is 0.325. The third-order valence-corrected chi connectivity index (χ3v) is 3.51. The van der Waals surface area contributed by atoms with E-state index in [1.165, 1.54) is 12.1 Å². The fraction of sp³-hybridized carbons (Fsp3) is 0.0588. The topological polar surface area (TPSA) is 81.4 Å². The second kappa shape index (κ2) is 7.60. The third-order valence-electron chi connectivity index (χ3n) is 3.02. The van der Waals surface area contributed by atoms with E-state index in [2.05, 4.69) is 21.2 Å². The molecule has 2 amide bonds. The Morgan fingerprint density at radius 1 is 1.22 bits per heavy atom. The Morgan fingerprint density at radius 3 is 2.70 bits per heavy atom.